The second kappa shape index (κ2) is 10.5. The highest BCUT2D eigenvalue weighted by atomic mass is 19.4. The molecule has 4 rings (SSSR count). The number of carbonyl (C=O) groups is 2. The number of amides is 2. The summed E-state index contributed by atoms with van der Waals surface area (Å²) < 4.78 is 61.0. The normalized spacial score (nSPS) is 13.8. The first-order valence-electron chi connectivity index (χ1n) is 11.6. The second-order valence-corrected chi connectivity index (χ2v) is 8.33. The molecule has 3 aromatic rings. The average Bonchev–Trinajstić information content (AvgIpc) is 2.86. The van der Waals surface area contributed by atoms with Crippen molar-refractivity contribution < 1.29 is 31.9 Å². The Bertz CT molecular complexity index is 1500. The van der Waals surface area contributed by atoms with Crippen LogP contribution in [0.25, 0.3) is 5.69 Å². The predicted octanol–water partition coefficient (Wildman–Crippen LogP) is 3.30. The van der Waals surface area contributed by atoms with Crippen LogP contribution in [-0.4, -0.2) is 40.8 Å². The number of rotatable bonds is 6. The number of anilines is 1. The van der Waals surface area contributed by atoms with Gasteiger partial charge in [0.15, 0.2) is 0 Å². The van der Waals surface area contributed by atoms with E-state index in [-0.39, 0.29) is 18.3 Å². The zero-order valence-corrected chi connectivity index (χ0v) is 20.0. The SMILES string of the molecule is CCOC(=O)c1cn(-c2ccc(N3CCCNC3=O)cc2)c(=O)n(Cc2cccc(F)c2C(F)(F)F)c1=O. The number of urea groups is 1. The summed E-state index contributed by atoms with van der Waals surface area (Å²) in [4.78, 5) is 52.5. The molecule has 2 amide bonds. The maximum atomic E-state index is 14.1. The van der Waals surface area contributed by atoms with E-state index >= 15 is 0 Å². The number of alkyl halides is 3. The number of nitrogens with one attached hydrogen (secondary N) is 1. The van der Waals surface area contributed by atoms with Gasteiger partial charge in [0.1, 0.15) is 11.4 Å². The Balaban J connectivity index is 1.85. The van der Waals surface area contributed by atoms with Crippen LogP contribution in [-0.2, 0) is 17.5 Å². The Kier molecular flexibility index (Phi) is 7.37. The van der Waals surface area contributed by atoms with E-state index in [2.05, 4.69) is 5.32 Å². The summed E-state index contributed by atoms with van der Waals surface area (Å²) >= 11 is 0. The molecule has 0 bridgehead atoms. The highest BCUT2D eigenvalue weighted by molar-refractivity contribution is 5.92. The molecular formula is C25H22F4N4O5. The van der Waals surface area contributed by atoms with Crippen LogP contribution in [0.15, 0.2) is 58.3 Å². The Morgan fingerprint density at radius 1 is 1.05 bits per heavy atom. The summed E-state index contributed by atoms with van der Waals surface area (Å²) in [5.41, 5.74) is -4.47. The number of hydrogen-bond donors (Lipinski definition) is 1. The number of ether oxygens (including phenoxy) is 1. The van der Waals surface area contributed by atoms with Gasteiger partial charge in [0.2, 0.25) is 0 Å². The van der Waals surface area contributed by atoms with Crippen LogP contribution in [0, 0.1) is 5.82 Å². The first-order chi connectivity index (χ1) is 18.0. The number of benzene rings is 2. The summed E-state index contributed by atoms with van der Waals surface area (Å²) in [5.74, 6) is -2.65. The molecule has 13 heteroatoms. The van der Waals surface area contributed by atoms with Crippen LogP contribution in [0.2, 0.25) is 0 Å². The highest BCUT2D eigenvalue weighted by Crippen LogP contribution is 2.34. The van der Waals surface area contributed by atoms with Gasteiger partial charge in [-0.05, 0) is 49.2 Å². The van der Waals surface area contributed by atoms with E-state index in [1.165, 1.54) is 24.0 Å². The zero-order valence-electron chi connectivity index (χ0n) is 20.0. The monoisotopic (exact) mass is 534 g/mol. The lowest BCUT2D eigenvalue weighted by Crippen LogP contribution is -2.46. The van der Waals surface area contributed by atoms with Crippen molar-refractivity contribution in [3.8, 4) is 5.69 Å². The summed E-state index contributed by atoms with van der Waals surface area (Å²) in [7, 11) is 0. The van der Waals surface area contributed by atoms with Crippen molar-refractivity contribution in [3.05, 3.63) is 92.0 Å². The van der Waals surface area contributed by atoms with E-state index in [1.54, 1.807) is 12.1 Å². The van der Waals surface area contributed by atoms with Gasteiger partial charge in [-0.2, -0.15) is 13.2 Å². The quantitative estimate of drug-likeness (QED) is 0.386. The van der Waals surface area contributed by atoms with Crippen LogP contribution < -0.4 is 21.5 Å². The Hall–Kier alpha value is -4.42. The van der Waals surface area contributed by atoms with Crippen molar-refractivity contribution in [3.63, 3.8) is 0 Å². The number of hydrogen-bond acceptors (Lipinski definition) is 5. The van der Waals surface area contributed by atoms with Crippen molar-refractivity contribution in [1.29, 1.82) is 0 Å². The molecule has 200 valence electrons. The molecular weight excluding hydrogens is 512 g/mol. The van der Waals surface area contributed by atoms with E-state index in [4.69, 9.17) is 4.74 Å². The fraction of sp³-hybridized carbons (Fsp3) is 0.280. The summed E-state index contributed by atoms with van der Waals surface area (Å²) in [5, 5.41) is 2.71. The smallest absolute Gasteiger partial charge is 0.419 e. The third kappa shape index (κ3) is 5.17. The lowest BCUT2D eigenvalue weighted by molar-refractivity contribution is -0.140. The third-order valence-corrected chi connectivity index (χ3v) is 5.90. The molecule has 38 heavy (non-hydrogen) atoms. The maximum absolute atomic E-state index is 14.1. The molecule has 1 aromatic heterocycles. The van der Waals surface area contributed by atoms with Crippen molar-refractivity contribution in [1.82, 2.24) is 14.5 Å². The number of nitrogens with zero attached hydrogens (tertiary/aromatic N) is 3. The molecule has 1 N–H and O–H groups in total. The molecule has 0 aliphatic carbocycles. The van der Waals surface area contributed by atoms with Crippen LogP contribution in [0.3, 0.4) is 0 Å². The number of halogens is 4. The van der Waals surface area contributed by atoms with Crippen molar-refractivity contribution >= 4 is 17.7 Å². The van der Waals surface area contributed by atoms with E-state index in [0.717, 1.165) is 29.3 Å². The van der Waals surface area contributed by atoms with E-state index in [0.29, 0.717) is 29.4 Å². The molecule has 0 atom stereocenters. The molecule has 1 saturated heterocycles. The minimum atomic E-state index is -5.10. The van der Waals surface area contributed by atoms with Gasteiger partial charge in [-0.3, -0.25) is 18.8 Å². The zero-order chi connectivity index (χ0) is 27.6. The van der Waals surface area contributed by atoms with Crippen molar-refractivity contribution in [2.24, 2.45) is 0 Å². The fourth-order valence-electron chi connectivity index (χ4n) is 4.13. The largest absolute Gasteiger partial charge is 0.462 e. The van der Waals surface area contributed by atoms with Crippen LogP contribution in [0.1, 0.15) is 34.8 Å². The topological polar surface area (TPSA) is 103 Å². The first kappa shape index (κ1) is 26.6. The second-order valence-electron chi connectivity index (χ2n) is 8.33. The van der Waals surface area contributed by atoms with E-state index < -0.39 is 52.4 Å². The first-order valence-corrected chi connectivity index (χ1v) is 11.6. The van der Waals surface area contributed by atoms with Crippen LogP contribution in [0.5, 0.6) is 0 Å². The fourth-order valence-corrected chi connectivity index (χ4v) is 4.13. The highest BCUT2D eigenvalue weighted by Gasteiger charge is 2.37. The molecule has 1 aliphatic rings. The van der Waals surface area contributed by atoms with Gasteiger partial charge in [0.05, 0.1) is 24.4 Å². The lowest BCUT2D eigenvalue weighted by Gasteiger charge is -2.27. The predicted molar refractivity (Wildman–Crippen MR) is 128 cm³/mol. The summed E-state index contributed by atoms with van der Waals surface area (Å²) in [6.07, 6.45) is -3.43. The van der Waals surface area contributed by atoms with Crippen molar-refractivity contribution in [2.75, 3.05) is 24.6 Å². The molecule has 1 aliphatic heterocycles. The molecule has 2 aromatic carbocycles. The van der Waals surface area contributed by atoms with Gasteiger partial charge >= 0.3 is 23.9 Å². The van der Waals surface area contributed by atoms with Crippen molar-refractivity contribution in [2.45, 2.75) is 26.1 Å². The Morgan fingerprint density at radius 2 is 1.74 bits per heavy atom. The van der Waals surface area contributed by atoms with E-state index in [9.17, 15) is 36.7 Å². The van der Waals surface area contributed by atoms with Gasteiger partial charge in [-0.25, -0.2) is 18.8 Å². The average molecular weight is 534 g/mol. The van der Waals surface area contributed by atoms with Gasteiger partial charge in [-0.15, -0.1) is 0 Å². The molecule has 0 unspecified atom stereocenters. The van der Waals surface area contributed by atoms with Gasteiger partial charge in [0.25, 0.3) is 5.56 Å². The van der Waals surface area contributed by atoms with Gasteiger partial charge < -0.3 is 10.1 Å². The summed E-state index contributed by atoms with van der Waals surface area (Å²) in [6, 6.07) is 8.27. The third-order valence-electron chi connectivity index (χ3n) is 5.90. The standard InChI is InChI=1S/C25H22F4N4O5/c1-2-38-22(35)18-14-32(17-9-7-16(8-10-17)31-12-4-11-30-23(31)36)24(37)33(21(18)34)13-15-5-3-6-19(26)20(15)25(27,28)29/h3,5-10,14H,2,4,11-13H2,1H3,(H,30,36). The maximum Gasteiger partial charge on any atom is 0.419 e. The van der Waals surface area contributed by atoms with Crippen LogP contribution >= 0.6 is 0 Å². The minimum Gasteiger partial charge on any atom is -0.462 e. The number of esters is 1. The number of carbonyl (C=O) groups excluding carboxylic acids is 2. The molecule has 2 heterocycles. The summed E-state index contributed by atoms with van der Waals surface area (Å²) in [6.45, 7) is 1.44. The molecule has 9 nitrogen and oxygen atoms in total. The van der Waals surface area contributed by atoms with Crippen LogP contribution in [0.4, 0.5) is 28.0 Å². The Morgan fingerprint density at radius 3 is 2.37 bits per heavy atom. The lowest BCUT2D eigenvalue weighted by atomic mass is 10.1. The van der Waals surface area contributed by atoms with Gasteiger partial charge in [0, 0.05) is 25.0 Å². The minimum absolute atomic E-state index is 0.105. The molecule has 0 saturated carbocycles. The van der Waals surface area contributed by atoms with E-state index in [1.807, 2.05) is 0 Å². The molecule has 0 radical (unpaired) electrons. The molecule has 0 spiro atoms. The van der Waals surface area contributed by atoms with Gasteiger partial charge in [-0.1, -0.05) is 12.1 Å². The Labute approximate surface area is 212 Å². The molecule has 1 fully saturated rings. The number of aromatic nitrogens is 2.